The molecule has 19 heavy (non-hydrogen) atoms. The molecule has 0 aromatic carbocycles. The van der Waals surface area contributed by atoms with Crippen LogP contribution < -0.4 is 10.6 Å². The molecule has 0 radical (unpaired) electrons. The molecule has 1 saturated carbocycles. The number of hydrogen-bond donors (Lipinski definition) is 3. The van der Waals surface area contributed by atoms with E-state index in [1.54, 1.807) is 0 Å². The summed E-state index contributed by atoms with van der Waals surface area (Å²) in [6.45, 7) is 4.39. The molecule has 3 unspecified atom stereocenters. The van der Waals surface area contributed by atoms with Crippen LogP contribution in [0.25, 0.3) is 0 Å². The van der Waals surface area contributed by atoms with Gasteiger partial charge in [0.2, 0.25) is 0 Å². The van der Waals surface area contributed by atoms with Crippen molar-refractivity contribution >= 4 is 12.0 Å². The molecule has 1 fully saturated rings. The van der Waals surface area contributed by atoms with E-state index in [0.29, 0.717) is 12.5 Å². The monoisotopic (exact) mass is 270 g/mol. The molecule has 1 aliphatic rings. The van der Waals surface area contributed by atoms with Crippen molar-refractivity contribution in [3.05, 3.63) is 0 Å². The van der Waals surface area contributed by atoms with Crippen molar-refractivity contribution in [1.29, 1.82) is 0 Å². The van der Waals surface area contributed by atoms with Crippen molar-refractivity contribution in [1.82, 2.24) is 10.6 Å². The molecule has 2 amide bonds. The molecule has 1 aliphatic carbocycles. The number of rotatable bonds is 6. The van der Waals surface area contributed by atoms with Crippen molar-refractivity contribution < 1.29 is 14.7 Å². The average molecular weight is 270 g/mol. The molecule has 5 heteroatoms. The zero-order chi connectivity index (χ0) is 14.3. The molecule has 0 bridgehead atoms. The maximum Gasteiger partial charge on any atom is 0.315 e. The van der Waals surface area contributed by atoms with Crippen LogP contribution in [0.1, 0.15) is 52.4 Å². The van der Waals surface area contributed by atoms with Crippen LogP contribution in [0.4, 0.5) is 4.79 Å². The normalized spacial score (nSPS) is 24.5. The van der Waals surface area contributed by atoms with Crippen LogP contribution in [-0.2, 0) is 4.79 Å². The fourth-order valence-corrected chi connectivity index (χ4v) is 2.74. The third-order valence-corrected chi connectivity index (χ3v) is 3.88. The first kappa shape index (κ1) is 15.8. The third kappa shape index (κ3) is 5.94. The number of amides is 2. The lowest BCUT2D eigenvalue weighted by molar-refractivity contribution is -0.137. The topological polar surface area (TPSA) is 78.4 Å². The van der Waals surface area contributed by atoms with Gasteiger partial charge < -0.3 is 15.7 Å². The zero-order valence-electron chi connectivity index (χ0n) is 11.9. The fraction of sp³-hybridized carbons (Fsp3) is 0.857. The highest BCUT2D eigenvalue weighted by molar-refractivity contribution is 5.74. The minimum absolute atomic E-state index is 0.0448. The number of carboxylic acids is 1. The smallest absolute Gasteiger partial charge is 0.315 e. The summed E-state index contributed by atoms with van der Waals surface area (Å²) in [5.74, 6) is -0.291. The predicted octanol–water partition coefficient (Wildman–Crippen LogP) is 2.37. The van der Waals surface area contributed by atoms with E-state index >= 15 is 0 Å². The largest absolute Gasteiger partial charge is 0.481 e. The lowest BCUT2D eigenvalue weighted by atomic mass is 9.83. The van der Waals surface area contributed by atoms with Crippen LogP contribution in [-0.4, -0.2) is 29.7 Å². The van der Waals surface area contributed by atoms with Gasteiger partial charge in [-0.1, -0.05) is 33.1 Å². The van der Waals surface area contributed by atoms with Gasteiger partial charge in [0, 0.05) is 19.0 Å². The molecule has 0 aromatic rings. The van der Waals surface area contributed by atoms with Crippen molar-refractivity contribution in [3.63, 3.8) is 0 Å². The molecule has 0 heterocycles. The number of carboxylic acid groups (broad SMARTS) is 1. The molecule has 0 spiro atoms. The minimum atomic E-state index is -0.826. The number of carbonyl (C=O) groups is 2. The number of urea groups is 1. The molecule has 110 valence electrons. The SMILES string of the molecule is CCC1CCCCC1NC(=O)NCC(C)CC(=O)O. The van der Waals surface area contributed by atoms with Gasteiger partial charge in [0.05, 0.1) is 0 Å². The molecular weight excluding hydrogens is 244 g/mol. The summed E-state index contributed by atoms with van der Waals surface area (Å²) >= 11 is 0. The molecule has 3 atom stereocenters. The molecule has 0 aliphatic heterocycles. The van der Waals surface area contributed by atoms with E-state index in [4.69, 9.17) is 5.11 Å². The lowest BCUT2D eigenvalue weighted by Gasteiger charge is -2.31. The Morgan fingerprint density at radius 3 is 2.63 bits per heavy atom. The summed E-state index contributed by atoms with van der Waals surface area (Å²) in [6.07, 6.45) is 5.86. The maximum atomic E-state index is 11.8. The van der Waals surface area contributed by atoms with Crippen LogP contribution >= 0.6 is 0 Å². The second-order valence-corrected chi connectivity index (χ2v) is 5.62. The molecule has 3 N–H and O–H groups in total. The summed E-state index contributed by atoms with van der Waals surface area (Å²) in [5, 5.41) is 14.4. The minimum Gasteiger partial charge on any atom is -0.481 e. The molecule has 0 saturated heterocycles. The van der Waals surface area contributed by atoms with Crippen LogP contribution in [0, 0.1) is 11.8 Å². The Morgan fingerprint density at radius 2 is 2.00 bits per heavy atom. The Balaban J connectivity index is 2.27. The standard InChI is InChI=1S/C14H26N2O3/c1-3-11-6-4-5-7-12(11)16-14(19)15-9-10(2)8-13(17)18/h10-12H,3-9H2,1-2H3,(H,17,18)(H2,15,16,19). The second-order valence-electron chi connectivity index (χ2n) is 5.62. The Kier molecular flexibility index (Phi) is 6.67. The Labute approximate surface area is 115 Å². The van der Waals surface area contributed by atoms with E-state index in [1.807, 2.05) is 6.92 Å². The maximum absolute atomic E-state index is 11.8. The highest BCUT2D eigenvalue weighted by atomic mass is 16.4. The highest BCUT2D eigenvalue weighted by Crippen LogP contribution is 2.26. The van der Waals surface area contributed by atoms with Gasteiger partial charge in [0.15, 0.2) is 0 Å². The average Bonchev–Trinajstić information content (AvgIpc) is 2.36. The Morgan fingerprint density at radius 1 is 1.32 bits per heavy atom. The first-order valence-electron chi connectivity index (χ1n) is 7.29. The second kappa shape index (κ2) is 8.02. The van der Waals surface area contributed by atoms with Gasteiger partial charge in [-0.25, -0.2) is 4.79 Å². The quantitative estimate of drug-likeness (QED) is 0.693. The molecule has 1 rings (SSSR count). The summed E-state index contributed by atoms with van der Waals surface area (Å²) in [5.41, 5.74) is 0. The van der Waals surface area contributed by atoms with Crippen LogP contribution in [0.15, 0.2) is 0 Å². The summed E-state index contributed by atoms with van der Waals surface area (Å²) in [7, 11) is 0. The molecular formula is C14H26N2O3. The third-order valence-electron chi connectivity index (χ3n) is 3.88. The number of hydrogen-bond acceptors (Lipinski definition) is 2. The van der Waals surface area contributed by atoms with E-state index in [2.05, 4.69) is 17.6 Å². The van der Waals surface area contributed by atoms with Crippen LogP contribution in [0.5, 0.6) is 0 Å². The van der Waals surface area contributed by atoms with E-state index in [1.165, 1.54) is 19.3 Å². The zero-order valence-corrected chi connectivity index (χ0v) is 11.9. The van der Waals surface area contributed by atoms with Gasteiger partial charge in [-0.15, -0.1) is 0 Å². The van der Waals surface area contributed by atoms with Crippen molar-refractivity contribution in [2.24, 2.45) is 11.8 Å². The predicted molar refractivity (Wildman–Crippen MR) is 74.0 cm³/mol. The van der Waals surface area contributed by atoms with Gasteiger partial charge in [-0.05, 0) is 24.7 Å². The summed E-state index contributed by atoms with van der Waals surface area (Å²) in [4.78, 5) is 22.3. The van der Waals surface area contributed by atoms with Gasteiger partial charge in [-0.3, -0.25) is 4.79 Å². The Bertz CT molecular complexity index is 307. The summed E-state index contributed by atoms with van der Waals surface area (Å²) < 4.78 is 0. The lowest BCUT2D eigenvalue weighted by Crippen LogP contribution is -2.47. The van der Waals surface area contributed by atoms with E-state index in [0.717, 1.165) is 12.8 Å². The van der Waals surface area contributed by atoms with Crippen LogP contribution in [0.2, 0.25) is 0 Å². The van der Waals surface area contributed by atoms with Gasteiger partial charge in [0.1, 0.15) is 0 Å². The van der Waals surface area contributed by atoms with Gasteiger partial charge in [0.25, 0.3) is 0 Å². The highest BCUT2D eigenvalue weighted by Gasteiger charge is 2.24. The number of carbonyl (C=O) groups excluding carboxylic acids is 1. The van der Waals surface area contributed by atoms with Crippen molar-refractivity contribution in [2.45, 2.75) is 58.4 Å². The van der Waals surface area contributed by atoms with Gasteiger partial charge in [-0.2, -0.15) is 0 Å². The van der Waals surface area contributed by atoms with Crippen molar-refractivity contribution in [2.75, 3.05) is 6.54 Å². The molecule has 0 aromatic heterocycles. The van der Waals surface area contributed by atoms with Crippen molar-refractivity contribution in [3.8, 4) is 0 Å². The van der Waals surface area contributed by atoms with E-state index in [-0.39, 0.29) is 24.4 Å². The first-order valence-corrected chi connectivity index (χ1v) is 7.29. The van der Waals surface area contributed by atoms with E-state index in [9.17, 15) is 9.59 Å². The number of aliphatic carboxylic acids is 1. The van der Waals surface area contributed by atoms with E-state index < -0.39 is 5.97 Å². The summed E-state index contributed by atoms with van der Waals surface area (Å²) in [6, 6.07) is 0.108. The number of nitrogens with one attached hydrogen (secondary N) is 2. The van der Waals surface area contributed by atoms with Crippen LogP contribution in [0.3, 0.4) is 0 Å². The Hall–Kier alpha value is -1.26. The fourth-order valence-electron chi connectivity index (χ4n) is 2.74. The first-order chi connectivity index (χ1) is 9.02. The molecule has 5 nitrogen and oxygen atoms in total. The van der Waals surface area contributed by atoms with Gasteiger partial charge >= 0.3 is 12.0 Å².